The third kappa shape index (κ3) is 2.97. The predicted molar refractivity (Wildman–Crippen MR) is 66.6 cm³/mol. The molecule has 2 unspecified atom stereocenters. The van der Waals surface area contributed by atoms with E-state index in [0.29, 0.717) is 22.9 Å². The molecule has 17 heavy (non-hydrogen) atoms. The molecule has 2 atom stereocenters. The molecule has 1 fully saturated rings. The van der Waals surface area contributed by atoms with Crippen LogP contribution in [-0.4, -0.2) is 17.8 Å². The predicted octanol–water partition coefficient (Wildman–Crippen LogP) is 2.68. The summed E-state index contributed by atoms with van der Waals surface area (Å²) in [4.78, 5) is 0. The Bertz CT molecular complexity index is 375. The molecule has 4 heteroatoms. The summed E-state index contributed by atoms with van der Waals surface area (Å²) in [7, 11) is 0. The average molecular weight is 258 g/mol. The summed E-state index contributed by atoms with van der Waals surface area (Å²) in [5.41, 5.74) is 6.01. The van der Waals surface area contributed by atoms with E-state index in [1.807, 2.05) is 0 Å². The summed E-state index contributed by atoms with van der Waals surface area (Å²) < 4.78 is 13.7. The van der Waals surface area contributed by atoms with Crippen LogP contribution in [-0.2, 0) is 0 Å². The number of rotatable bonds is 5. The molecule has 1 aromatic carbocycles. The number of hydrogen-bond donors (Lipinski definition) is 2. The van der Waals surface area contributed by atoms with Gasteiger partial charge in [0.05, 0.1) is 6.10 Å². The van der Waals surface area contributed by atoms with Gasteiger partial charge in [0.1, 0.15) is 5.82 Å². The van der Waals surface area contributed by atoms with E-state index in [2.05, 4.69) is 0 Å². The van der Waals surface area contributed by atoms with Crippen molar-refractivity contribution in [1.82, 2.24) is 0 Å². The highest BCUT2D eigenvalue weighted by Crippen LogP contribution is 2.38. The second-order valence-electron chi connectivity index (χ2n) is 4.72. The van der Waals surface area contributed by atoms with Crippen LogP contribution in [0.15, 0.2) is 18.2 Å². The van der Waals surface area contributed by atoms with Crippen molar-refractivity contribution >= 4 is 11.6 Å². The van der Waals surface area contributed by atoms with Gasteiger partial charge in [0.15, 0.2) is 0 Å². The van der Waals surface area contributed by atoms with Crippen LogP contribution in [0.25, 0.3) is 0 Å². The second-order valence-corrected chi connectivity index (χ2v) is 5.13. The van der Waals surface area contributed by atoms with Crippen LogP contribution in [0.3, 0.4) is 0 Å². The molecule has 0 spiro atoms. The molecule has 0 amide bonds. The van der Waals surface area contributed by atoms with E-state index >= 15 is 0 Å². The molecule has 1 aromatic rings. The minimum absolute atomic E-state index is 0.203. The summed E-state index contributed by atoms with van der Waals surface area (Å²) >= 11 is 5.99. The summed E-state index contributed by atoms with van der Waals surface area (Å²) in [6.07, 6.45) is 2.38. The van der Waals surface area contributed by atoms with E-state index in [1.54, 1.807) is 12.1 Å². The van der Waals surface area contributed by atoms with Gasteiger partial charge in [-0.3, -0.25) is 0 Å². The lowest BCUT2D eigenvalue weighted by atomic mass is 9.90. The molecule has 0 aromatic heterocycles. The molecule has 0 aliphatic heterocycles. The molecule has 0 heterocycles. The molecule has 2 nitrogen and oxygen atoms in total. The lowest BCUT2D eigenvalue weighted by Gasteiger charge is -2.23. The van der Waals surface area contributed by atoms with Gasteiger partial charge in [-0.2, -0.15) is 0 Å². The number of nitrogens with two attached hydrogens (primary N) is 1. The van der Waals surface area contributed by atoms with Gasteiger partial charge < -0.3 is 10.8 Å². The van der Waals surface area contributed by atoms with Gasteiger partial charge in [-0.05, 0) is 24.5 Å². The number of benzene rings is 1. The Labute approximate surface area is 106 Å². The standard InChI is InChI=1S/C13H17ClFNO/c14-10-2-1-3-11(15)13(10)9(7-16)12(17)6-8-4-5-8/h1-3,8-9,12,17H,4-7,16H2. The largest absolute Gasteiger partial charge is 0.392 e. The summed E-state index contributed by atoms with van der Waals surface area (Å²) in [5, 5.41) is 10.5. The number of hydrogen-bond acceptors (Lipinski definition) is 2. The van der Waals surface area contributed by atoms with E-state index in [4.69, 9.17) is 17.3 Å². The molecule has 94 valence electrons. The van der Waals surface area contributed by atoms with Crippen LogP contribution in [0.1, 0.15) is 30.7 Å². The van der Waals surface area contributed by atoms with E-state index in [-0.39, 0.29) is 12.4 Å². The Morgan fingerprint density at radius 2 is 2.18 bits per heavy atom. The van der Waals surface area contributed by atoms with E-state index in [9.17, 15) is 9.50 Å². The van der Waals surface area contributed by atoms with E-state index in [1.165, 1.54) is 6.07 Å². The first kappa shape index (κ1) is 12.8. The first-order chi connectivity index (χ1) is 8.13. The monoisotopic (exact) mass is 257 g/mol. The van der Waals surface area contributed by atoms with Gasteiger partial charge in [-0.1, -0.05) is 30.5 Å². The Morgan fingerprint density at radius 1 is 1.47 bits per heavy atom. The molecule has 0 saturated heterocycles. The van der Waals surface area contributed by atoms with Crippen LogP contribution < -0.4 is 5.73 Å². The van der Waals surface area contributed by atoms with Crippen molar-refractivity contribution in [1.29, 1.82) is 0 Å². The lowest BCUT2D eigenvalue weighted by molar-refractivity contribution is 0.128. The first-order valence-electron chi connectivity index (χ1n) is 5.95. The molecule has 1 saturated carbocycles. The molecule has 0 radical (unpaired) electrons. The van der Waals surface area contributed by atoms with Crippen LogP contribution in [0, 0.1) is 11.7 Å². The van der Waals surface area contributed by atoms with Crippen molar-refractivity contribution in [3.63, 3.8) is 0 Å². The Balaban J connectivity index is 2.20. The topological polar surface area (TPSA) is 46.2 Å². The summed E-state index contributed by atoms with van der Waals surface area (Å²) in [5.74, 6) is -0.225. The van der Waals surface area contributed by atoms with Gasteiger partial charge in [0.2, 0.25) is 0 Å². The minimum Gasteiger partial charge on any atom is -0.392 e. The highest BCUT2D eigenvalue weighted by atomic mass is 35.5. The first-order valence-corrected chi connectivity index (χ1v) is 6.33. The third-order valence-corrected chi connectivity index (χ3v) is 3.69. The van der Waals surface area contributed by atoms with Crippen LogP contribution in [0.2, 0.25) is 5.02 Å². The van der Waals surface area contributed by atoms with Gasteiger partial charge in [0, 0.05) is 23.0 Å². The second kappa shape index (κ2) is 5.34. The average Bonchev–Trinajstić information content (AvgIpc) is 3.07. The maximum atomic E-state index is 13.7. The highest BCUT2D eigenvalue weighted by Gasteiger charge is 2.31. The van der Waals surface area contributed by atoms with Crippen molar-refractivity contribution in [2.45, 2.75) is 31.3 Å². The van der Waals surface area contributed by atoms with Crippen molar-refractivity contribution in [2.75, 3.05) is 6.54 Å². The zero-order valence-corrected chi connectivity index (χ0v) is 10.3. The van der Waals surface area contributed by atoms with Crippen molar-refractivity contribution in [2.24, 2.45) is 11.7 Å². The van der Waals surface area contributed by atoms with Gasteiger partial charge in [-0.15, -0.1) is 0 Å². The number of halogens is 2. The molecular weight excluding hydrogens is 241 g/mol. The lowest BCUT2D eigenvalue weighted by Crippen LogP contribution is -2.27. The van der Waals surface area contributed by atoms with Crippen LogP contribution in [0.5, 0.6) is 0 Å². The van der Waals surface area contributed by atoms with Gasteiger partial charge in [0.25, 0.3) is 0 Å². The van der Waals surface area contributed by atoms with Crippen molar-refractivity contribution < 1.29 is 9.50 Å². The summed E-state index contributed by atoms with van der Waals surface area (Å²) in [6, 6.07) is 4.54. The third-order valence-electron chi connectivity index (χ3n) is 3.36. The molecule has 2 rings (SSSR count). The van der Waals surface area contributed by atoms with Gasteiger partial charge >= 0.3 is 0 Å². The molecular formula is C13H17ClFNO. The quantitative estimate of drug-likeness (QED) is 0.852. The maximum Gasteiger partial charge on any atom is 0.128 e. The van der Waals surface area contributed by atoms with Crippen LogP contribution >= 0.6 is 11.6 Å². The number of aliphatic hydroxyl groups is 1. The fourth-order valence-corrected chi connectivity index (χ4v) is 2.49. The Hall–Kier alpha value is -0.640. The molecule has 3 N–H and O–H groups in total. The fraction of sp³-hybridized carbons (Fsp3) is 0.538. The van der Waals surface area contributed by atoms with Gasteiger partial charge in [-0.25, -0.2) is 4.39 Å². The van der Waals surface area contributed by atoms with E-state index < -0.39 is 12.0 Å². The Kier molecular flexibility index (Phi) is 4.02. The van der Waals surface area contributed by atoms with Crippen LogP contribution in [0.4, 0.5) is 4.39 Å². The van der Waals surface area contributed by atoms with E-state index in [0.717, 1.165) is 12.8 Å². The summed E-state index contributed by atoms with van der Waals surface area (Å²) in [6.45, 7) is 0.203. The maximum absolute atomic E-state index is 13.7. The molecule has 1 aliphatic carbocycles. The Morgan fingerprint density at radius 3 is 2.71 bits per heavy atom. The van der Waals surface area contributed by atoms with Crippen molar-refractivity contribution in [3.8, 4) is 0 Å². The van der Waals surface area contributed by atoms with Crippen molar-refractivity contribution in [3.05, 3.63) is 34.6 Å². The fourth-order valence-electron chi connectivity index (χ4n) is 2.19. The zero-order valence-electron chi connectivity index (χ0n) is 9.57. The normalized spacial score (nSPS) is 19.1. The zero-order chi connectivity index (χ0) is 12.4. The smallest absolute Gasteiger partial charge is 0.128 e. The SMILES string of the molecule is NCC(c1c(F)cccc1Cl)C(O)CC1CC1. The molecule has 1 aliphatic rings. The number of aliphatic hydroxyl groups excluding tert-OH is 1. The molecule has 0 bridgehead atoms. The minimum atomic E-state index is -0.609. The highest BCUT2D eigenvalue weighted by molar-refractivity contribution is 6.31.